The second-order valence-corrected chi connectivity index (χ2v) is 6.78. The van der Waals surface area contributed by atoms with Gasteiger partial charge in [-0.05, 0) is 43.7 Å². The van der Waals surface area contributed by atoms with Gasteiger partial charge in [-0.25, -0.2) is 0 Å². The van der Waals surface area contributed by atoms with Crippen molar-refractivity contribution in [3.63, 3.8) is 0 Å². The average molecular weight is 367 g/mol. The first-order valence-electron chi connectivity index (χ1n) is 8.85. The summed E-state index contributed by atoms with van der Waals surface area (Å²) in [6.07, 6.45) is 3.39. The fourth-order valence-electron chi connectivity index (χ4n) is 3.31. The molecule has 0 aromatic heterocycles. The third-order valence-electron chi connectivity index (χ3n) is 4.89. The Morgan fingerprint density at radius 2 is 2.00 bits per heavy atom. The maximum atomic E-state index is 12.8. The lowest BCUT2D eigenvalue weighted by atomic mass is 10.1. The molecule has 3 rings (SSSR count). The standard InChI is InChI=1S/C18H23F2N3O3/c19-18(20)26-15-6-2-1-4-12(15)17(25)23-9-3-5-14(23)16(24)22-10-13(21)11-7-8-11/h1-2,4,6,11,13-14,18H,3,5,7-10,21H2,(H,22,24). The van der Waals surface area contributed by atoms with E-state index in [1.807, 2.05) is 0 Å². The van der Waals surface area contributed by atoms with E-state index in [0.717, 1.165) is 12.8 Å². The van der Waals surface area contributed by atoms with Crippen LogP contribution in [0.15, 0.2) is 24.3 Å². The minimum absolute atomic E-state index is 0.0298. The van der Waals surface area contributed by atoms with Crippen molar-refractivity contribution in [2.24, 2.45) is 11.7 Å². The SMILES string of the molecule is NC(CNC(=O)C1CCCN1C(=O)c1ccccc1OC(F)F)C1CC1. The predicted octanol–water partition coefficient (Wildman–Crippen LogP) is 1.75. The first-order chi connectivity index (χ1) is 12.5. The summed E-state index contributed by atoms with van der Waals surface area (Å²) in [6, 6.07) is 5.15. The highest BCUT2D eigenvalue weighted by atomic mass is 19.3. The topological polar surface area (TPSA) is 84.7 Å². The van der Waals surface area contributed by atoms with Gasteiger partial charge in [0.1, 0.15) is 11.8 Å². The number of para-hydroxylation sites is 1. The van der Waals surface area contributed by atoms with Crippen LogP contribution in [0.2, 0.25) is 0 Å². The molecule has 2 aliphatic rings. The van der Waals surface area contributed by atoms with Gasteiger partial charge in [0.15, 0.2) is 0 Å². The lowest BCUT2D eigenvalue weighted by molar-refractivity contribution is -0.124. The highest BCUT2D eigenvalue weighted by molar-refractivity contribution is 6.00. The van der Waals surface area contributed by atoms with E-state index in [0.29, 0.717) is 31.8 Å². The minimum atomic E-state index is -3.02. The van der Waals surface area contributed by atoms with Crippen molar-refractivity contribution in [1.82, 2.24) is 10.2 Å². The highest BCUT2D eigenvalue weighted by Gasteiger charge is 2.36. The lowest BCUT2D eigenvalue weighted by Gasteiger charge is -2.25. The molecule has 1 saturated carbocycles. The number of nitrogens with one attached hydrogen (secondary N) is 1. The van der Waals surface area contributed by atoms with Crippen LogP contribution in [0.5, 0.6) is 5.75 Å². The van der Waals surface area contributed by atoms with Gasteiger partial charge in [0.05, 0.1) is 5.56 Å². The molecule has 1 aliphatic carbocycles. The summed E-state index contributed by atoms with van der Waals surface area (Å²) in [4.78, 5) is 26.7. The summed E-state index contributed by atoms with van der Waals surface area (Å²) in [6.45, 7) is -2.24. The highest BCUT2D eigenvalue weighted by Crippen LogP contribution is 2.31. The molecule has 0 spiro atoms. The first-order valence-corrected chi connectivity index (χ1v) is 8.85. The van der Waals surface area contributed by atoms with Crippen molar-refractivity contribution in [3.05, 3.63) is 29.8 Å². The summed E-state index contributed by atoms with van der Waals surface area (Å²) in [5.74, 6) is -0.450. The minimum Gasteiger partial charge on any atom is -0.434 e. The van der Waals surface area contributed by atoms with Crippen molar-refractivity contribution in [1.29, 1.82) is 0 Å². The van der Waals surface area contributed by atoms with Gasteiger partial charge < -0.3 is 20.7 Å². The van der Waals surface area contributed by atoms with E-state index in [4.69, 9.17) is 5.73 Å². The number of hydrogen-bond acceptors (Lipinski definition) is 4. The number of alkyl halides is 2. The molecule has 26 heavy (non-hydrogen) atoms. The molecule has 2 fully saturated rings. The number of likely N-dealkylation sites (tertiary alicyclic amines) is 1. The number of rotatable bonds is 7. The van der Waals surface area contributed by atoms with Gasteiger partial charge in [0.25, 0.3) is 5.91 Å². The van der Waals surface area contributed by atoms with Crippen LogP contribution in [0.25, 0.3) is 0 Å². The van der Waals surface area contributed by atoms with Crippen LogP contribution in [-0.4, -0.2) is 48.5 Å². The molecule has 0 bridgehead atoms. The predicted molar refractivity (Wildman–Crippen MR) is 90.8 cm³/mol. The lowest BCUT2D eigenvalue weighted by Crippen LogP contribution is -2.49. The first kappa shape index (κ1) is 18.6. The Morgan fingerprint density at radius 1 is 1.27 bits per heavy atom. The number of carbonyl (C=O) groups is 2. The van der Waals surface area contributed by atoms with Crippen LogP contribution in [0.1, 0.15) is 36.0 Å². The molecule has 0 radical (unpaired) electrons. The van der Waals surface area contributed by atoms with E-state index >= 15 is 0 Å². The maximum Gasteiger partial charge on any atom is 0.387 e. The van der Waals surface area contributed by atoms with Crippen molar-refractivity contribution < 1.29 is 23.1 Å². The molecule has 1 aliphatic heterocycles. The fraction of sp³-hybridized carbons (Fsp3) is 0.556. The third-order valence-corrected chi connectivity index (χ3v) is 4.89. The number of ether oxygens (including phenoxy) is 1. The van der Waals surface area contributed by atoms with Crippen LogP contribution in [0, 0.1) is 5.92 Å². The summed E-state index contributed by atoms with van der Waals surface area (Å²) < 4.78 is 29.6. The summed E-state index contributed by atoms with van der Waals surface area (Å²) in [5.41, 5.74) is 6.02. The molecule has 1 saturated heterocycles. The van der Waals surface area contributed by atoms with Crippen LogP contribution in [0.3, 0.4) is 0 Å². The number of amides is 2. The summed E-state index contributed by atoms with van der Waals surface area (Å²) >= 11 is 0. The zero-order valence-electron chi connectivity index (χ0n) is 14.4. The zero-order valence-corrected chi connectivity index (χ0v) is 14.4. The van der Waals surface area contributed by atoms with E-state index in [1.54, 1.807) is 6.07 Å². The molecule has 142 valence electrons. The van der Waals surface area contributed by atoms with Crippen LogP contribution >= 0.6 is 0 Å². The second-order valence-electron chi connectivity index (χ2n) is 6.78. The quantitative estimate of drug-likeness (QED) is 0.769. The van der Waals surface area contributed by atoms with Gasteiger partial charge in [-0.2, -0.15) is 8.78 Å². The fourth-order valence-corrected chi connectivity index (χ4v) is 3.31. The largest absolute Gasteiger partial charge is 0.434 e. The maximum absolute atomic E-state index is 12.8. The van der Waals surface area contributed by atoms with E-state index in [2.05, 4.69) is 10.1 Å². The molecular formula is C18H23F2N3O3. The van der Waals surface area contributed by atoms with E-state index < -0.39 is 18.6 Å². The van der Waals surface area contributed by atoms with Gasteiger partial charge in [-0.15, -0.1) is 0 Å². The van der Waals surface area contributed by atoms with Crippen molar-refractivity contribution >= 4 is 11.8 Å². The Morgan fingerprint density at radius 3 is 2.69 bits per heavy atom. The van der Waals surface area contributed by atoms with E-state index in [-0.39, 0.29) is 23.3 Å². The molecule has 2 atom stereocenters. The van der Waals surface area contributed by atoms with Gasteiger partial charge in [0, 0.05) is 19.1 Å². The Hall–Kier alpha value is -2.22. The molecule has 3 N–H and O–H groups in total. The van der Waals surface area contributed by atoms with Crippen LogP contribution in [0.4, 0.5) is 8.78 Å². The smallest absolute Gasteiger partial charge is 0.387 e. The number of nitrogens with zero attached hydrogens (tertiary/aromatic N) is 1. The number of halogens is 2. The van der Waals surface area contributed by atoms with Crippen molar-refractivity contribution in [2.75, 3.05) is 13.1 Å². The molecule has 1 aromatic rings. The van der Waals surface area contributed by atoms with Gasteiger partial charge >= 0.3 is 6.61 Å². The second kappa shape index (κ2) is 7.99. The van der Waals surface area contributed by atoms with Crippen LogP contribution < -0.4 is 15.8 Å². The summed E-state index contributed by atoms with van der Waals surface area (Å²) in [5, 5.41) is 2.82. The zero-order chi connectivity index (χ0) is 18.7. The molecule has 1 aromatic carbocycles. The Balaban J connectivity index is 1.67. The Labute approximate surface area is 150 Å². The number of carbonyl (C=O) groups excluding carboxylic acids is 2. The van der Waals surface area contributed by atoms with Crippen molar-refractivity contribution in [2.45, 2.75) is 44.4 Å². The molecule has 1 heterocycles. The van der Waals surface area contributed by atoms with Crippen LogP contribution in [-0.2, 0) is 4.79 Å². The normalized spacial score (nSPS) is 20.9. The third kappa shape index (κ3) is 4.30. The number of benzene rings is 1. The number of nitrogens with two attached hydrogens (primary N) is 1. The summed E-state index contributed by atoms with van der Waals surface area (Å²) in [7, 11) is 0. The van der Waals surface area contributed by atoms with Gasteiger partial charge in [0.2, 0.25) is 5.91 Å². The monoisotopic (exact) mass is 367 g/mol. The van der Waals surface area contributed by atoms with Gasteiger partial charge in [-0.3, -0.25) is 9.59 Å². The Kier molecular flexibility index (Phi) is 5.70. The van der Waals surface area contributed by atoms with E-state index in [1.165, 1.54) is 23.1 Å². The molecular weight excluding hydrogens is 344 g/mol. The Bertz CT molecular complexity index is 667. The molecule has 2 unspecified atom stereocenters. The van der Waals surface area contributed by atoms with Crippen molar-refractivity contribution in [3.8, 4) is 5.75 Å². The van der Waals surface area contributed by atoms with E-state index in [9.17, 15) is 18.4 Å². The van der Waals surface area contributed by atoms with Gasteiger partial charge in [-0.1, -0.05) is 12.1 Å². The molecule has 2 amide bonds. The number of hydrogen-bond donors (Lipinski definition) is 2. The molecule has 8 heteroatoms. The molecule has 6 nitrogen and oxygen atoms in total. The average Bonchev–Trinajstić information content (AvgIpc) is 3.35.